The smallest absolute Gasteiger partial charge is 0.125 e. The molecule has 0 aliphatic rings. The molecule has 0 atom stereocenters. The summed E-state index contributed by atoms with van der Waals surface area (Å²) in [4.78, 5) is 3.93. The van der Waals surface area contributed by atoms with Crippen molar-refractivity contribution in [2.24, 2.45) is 0 Å². The average Bonchev–Trinajstić information content (AvgIpc) is 2.32. The number of nitrogens with two attached hydrogens (primary N) is 1. The number of benzene rings is 1. The summed E-state index contributed by atoms with van der Waals surface area (Å²) in [5.41, 5.74) is 7.61. The highest BCUT2D eigenvalue weighted by Crippen LogP contribution is 2.21. The second kappa shape index (κ2) is 5.94. The zero-order valence-corrected chi connectivity index (χ0v) is 11.2. The molecule has 1 aromatic heterocycles. The summed E-state index contributed by atoms with van der Waals surface area (Å²) in [6.45, 7) is 0.769. The van der Waals surface area contributed by atoms with Crippen LogP contribution >= 0.6 is 23.2 Å². The third-order valence-electron chi connectivity index (χ3n) is 2.52. The van der Waals surface area contributed by atoms with Crippen LogP contribution in [-0.2, 0) is 6.42 Å². The molecule has 1 heterocycles. The lowest BCUT2D eigenvalue weighted by molar-refractivity contribution is 1.02. The molecule has 94 valence electrons. The number of nitrogens with one attached hydrogen (secondary N) is 1. The van der Waals surface area contributed by atoms with Crippen molar-refractivity contribution in [3.63, 3.8) is 0 Å². The van der Waals surface area contributed by atoms with Crippen LogP contribution in [0, 0.1) is 0 Å². The van der Waals surface area contributed by atoms with Crippen molar-refractivity contribution in [1.82, 2.24) is 4.98 Å². The van der Waals surface area contributed by atoms with Crippen LogP contribution in [0.5, 0.6) is 0 Å². The van der Waals surface area contributed by atoms with Crippen molar-refractivity contribution in [2.75, 3.05) is 17.6 Å². The highest BCUT2D eigenvalue weighted by atomic mass is 35.5. The normalized spacial score (nSPS) is 10.3. The van der Waals surface area contributed by atoms with Gasteiger partial charge in [-0.05, 0) is 30.2 Å². The lowest BCUT2D eigenvalue weighted by atomic mass is 10.1. The maximum absolute atomic E-state index is 6.09. The lowest BCUT2D eigenvalue weighted by Crippen LogP contribution is -2.05. The first-order chi connectivity index (χ1) is 8.65. The molecule has 0 radical (unpaired) electrons. The molecule has 0 bridgehead atoms. The zero-order chi connectivity index (χ0) is 13.0. The number of hydrogen-bond donors (Lipinski definition) is 2. The van der Waals surface area contributed by atoms with Gasteiger partial charge in [-0.2, -0.15) is 0 Å². The Kier molecular flexibility index (Phi) is 4.28. The van der Waals surface area contributed by atoms with Crippen LogP contribution in [0.3, 0.4) is 0 Å². The lowest BCUT2D eigenvalue weighted by Gasteiger charge is -2.08. The second-order valence-corrected chi connectivity index (χ2v) is 4.73. The first kappa shape index (κ1) is 13.0. The highest BCUT2D eigenvalue weighted by Gasteiger charge is 2.01. The molecule has 0 unspecified atom stereocenters. The van der Waals surface area contributed by atoms with Crippen LogP contribution in [-0.4, -0.2) is 11.5 Å². The van der Waals surface area contributed by atoms with Gasteiger partial charge in [-0.3, -0.25) is 0 Å². The SMILES string of the molecule is Nc1cc(NCCc2ccc(Cl)cc2Cl)ccn1. The number of rotatable bonds is 4. The standard InChI is InChI=1S/C13H13Cl2N3/c14-10-2-1-9(12(15)7-10)3-5-17-11-4-6-18-13(16)8-11/h1-2,4,6-8H,3,5H2,(H3,16,17,18). The molecule has 1 aromatic carbocycles. The van der Waals surface area contributed by atoms with E-state index in [2.05, 4.69) is 10.3 Å². The minimum absolute atomic E-state index is 0.504. The quantitative estimate of drug-likeness (QED) is 0.900. The third kappa shape index (κ3) is 3.52. The van der Waals surface area contributed by atoms with E-state index in [0.717, 1.165) is 24.2 Å². The fourth-order valence-electron chi connectivity index (χ4n) is 1.62. The third-order valence-corrected chi connectivity index (χ3v) is 3.11. The van der Waals surface area contributed by atoms with E-state index in [0.29, 0.717) is 15.9 Å². The Bertz CT molecular complexity index is 544. The van der Waals surface area contributed by atoms with Crippen molar-refractivity contribution in [2.45, 2.75) is 6.42 Å². The molecule has 2 rings (SSSR count). The van der Waals surface area contributed by atoms with Gasteiger partial charge in [0.1, 0.15) is 5.82 Å². The Morgan fingerprint density at radius 2 is 2.00 bits per heavy atom. The molecule has 3 N–H and O–H groups in total. The molecule has 2 aromatic rings. The van der Waals surface area contributed by atoms with Gasteiger partial charge in [-0.15, -0.1) is 0 Å². The fraction of sp³-hybridized carbons (Fsp3) is 0.154. The summed E-state index contributed by atoms with van der Waals surface area (Å²) in [6, 6.07) is 9.20. The van der Waals surface area contributed by atoms with Crippen molar-refractivity contribution < 1.29 is 0 Å². The molecular formula is C13H13Cl2N3. The predicted molar refractivity (Wildman–Crippen MR) is 77.3 cm³/mol. The molecule has 0 amide bonds. The summed E-state index contributed by atoms with van der Waals surface area (Å²) < 4.78 is 0. The predicted octanol–water partition coefficient (Wildman–Crippen LogP) is 3.63. The monoisotopic (exact) mass is 281 g/mol. The minimum Gasteiger partial charge on any atom is -0.385 e. The van der Waals surface area contributed by atoms with Crippen LogP contribution in [0.2, 0.25) is 10.0 Å². The van der Waals surface area contributed by atoms with Crippen molar-refractivity contribution in [3.05, 3.63) is 52.1 Å². The minimum atomic E-state index is 0.504. The number of pyridine rings is 1. The van der Waals surface area contributed by atoms with Crippen molar-refractivity contribution in [3.8, 4) is 0 Å². The Balaban J connectivity index is 1.92. The van der Waals surface area contributed by atoms with Crippen LogP contribution < -0.4 is 11.1 Å². The Morgan fingerprint density at radius 1 is 1.17 bits per heavy atom. The Morgan fingerprint density at radius 3 is 2.72 bits per heavy atom. The topological polar surface area (TPSA) is 50.9 Å². The zero-order valence-electron chi connectivity index (χ0n) is 9.66. The fourth-order valence-corrected chi connectivity index (χ4v) is 2.13. The second-order valence-electron chi connectivity index (χ2n) is 3.88. The molecule has 0 saturated carbocycles. The van der Waals surface area contributed by atoms with E-state index < -0.39 is 0 Å². The van der Waals surface area contributed by atoms with E-state index >= 15 is 0 Å². The van der Waals surface area contributed by atoms with Crippen molar-refractivity contribution >= 4 is 34.7 Å². The van der Waals surface area contributed by atoms with Gasteiger partial charge < -0.3 is 11.1 Å². The molecular weight excluding hydrogens is 269 g/mol. The summed E-state index contributed by atoms with van der Waals surface area (Å²) in [5, 5.41) is 4.61. The van der Waals surface area contributed by atoms with Gasteiger partial charge in [0.2, 0.25) is 0 Å². The van der Waals surface area contributed by atoms with E-state index in [1.54, 1.807) is 18.3 Å². The van der Waals surface area contributed by atoms with E-state index in [1.807, 2.05) is 18.2 Å². The van der Waals surface area contributed by atoms with E-state index in [1.165, 1.54) is 0 Å². The van der Waals surface area contributed by atoms with Crippen LogP contribution in [0.25, 0.3) is 0 Å². The van der Waals surface area contributed by atoms with Gasteiger partial charge in [-0.25, -0.2) is 4.98 Å². The summed E-state index contributed by atoms with van der Waals surface area (Å²) in [6.07, 6.45) is 2.49. The molecule has 5 heteroatoms. The van der Waals surface area contributed by atoms with E-state index in [-0.39, 0.29) is 0 Å². The van der Waals surface area contributed by atoms with Gasteiger partial charge in [0.15, 0.2) is 0 Å². The number of nitrogens with zero attached hydrogens (tertiary/aromatic N) is 1. The maximum Gasteiger partial charge on any atom is 0.125 e. The first-order valence-electron chi connectivity index (χ1n) is 5.54. The van der Waals surface area contributed by atoms with E-state index in [4.69, 9.17) is 28.9 Å². The summed E-state index contributed by atoms with van der Waals surface area (Å²) in [7, 11) is 0. The largest absolute Gasteiger partial charge is 0.385 e. The van der Waals surface area contributed by atoms with E-state index in [9.17, 15) is 0 Å². The van der Waals surface area contributed by atoms with Gasteiger partial charge in [0.05, 0.1) is 0 Å². The maximum atomic E-state index is 6.09. The number of hydrogen-bond acceptors (Lipinski definition) is 3. The molecule has 0 fully saturated rings. The molecule has 3 nitrogen and oxygen atoms in total. The Hall–Kier alpha value is -1.45. The summed E-state index contributed by atoms with van der Waals surface area (Å²) >= 11 is 11.9. The van der Waals surface area contributed by atoms with Crippen LogP contribution in [0.1, 0.15) is 5.56 Å². The number of anilines is 2. The molecule has 0 aliphatic carbocycles. The van der Waals surface area contributed by atoms with Gasteiger partial charge in [-0.1, -0.05) is 29.3 Å². The average molecular weight is 282 g/mol. The van der Waals surface area contributed by atoms with Crippen LogP contribution in [0.4, 0.5) is 11.5 Å². The highest BCUT2D eigenvalue weighted by molar-refractivity contribution is 6.35. The van der Waals surface area contributed by atoms with Crippen molar-refractivity contribution in [1.29, 1.82) is 0 Å². The van der Waals surface area contributed by atoms with Gasteiger partial charge in [0.25, 0.3) is 0 Å². The number of nitrogen functional groups attached to an aromatic ring is 1. The van der Waals surface area contributed by atoms with Gasteiger partial charge in [0, 0.05) is 34.5 Å². The first-order valence-corrected chi connectivity index (χ1v) is 6.30. The van der Waals surface area contributed by atoms with Gasteiger partial charge >= 0.3 is 0 Å². The Labute approximate surface area is 116 Å². The van der Waals surface area contributed by atoms with Crippen LogP contribution in [0.15, 0.2) is 36.5 Å². The molecule has 0 spiro atoms. The summed E-state index contributed by atoms with van der Waals surface area (Å²) in [5.74, 6) is 0.504. The molecule has 0 saturated heterocycles. The number of halogens is 2. The molecule has 0 aliphatic heterocycles. The molecule has 18 heavy (non-hydrogen) atoms. The number of aromatic nitrogens is 1.